The first-order chi connectivity index (χ1) is 8.13. The minimum Gasteiger partial charge on any atom is -0.478 e. The number of hydrogen-bond donors (Lipinski definition) is 4. The summed E-state index contributed by atoms with van der Waals surface area (Å²) in [5.41, 5.74) is 0.143. The van der Waals surface area contributed by atoms with Gasteiger partial charge in [0.1, 0.15) is 0 Å². The highest BCUT2D eigenvalue weighted by Crippen LogP contribution is 2.13. The summed E-state index contributed by atoms with van der Waals surface area (Å²) in [6.45, 7) is 1.42. The maximum atomic E-state index is 10.3. The number of aromatic carboxylic acids is 1. The number of rotatable bonds is 5. The summed E-state index contributed by atoms with van der Waals surface area (Å²) < 4.78 is 0. The summed E-state index contributed by atoms with van der Waals surface area (Å²) in [4.78, 5) is 10.3. The first kappa shape index (κ1) is 15.9. The van der Waals surface area contributed by atoms with Gasteiger partial charge < -0.3 is 20.6 Å². The lowest BCUT2D eigenvalue weighted by Crippen LogP contribution is -2.21. The number of aliphatic hydroxyl groups excluding tert-OH is 2. The second-order valence-corrected chi connectivity index (χ2v) is 3.39. The molecule has 0 aliphatic rings. The Bertz CT molecular complexity index is 329. The Kier molecular flexibility index (Phi) is 9.37. The van der Waals surface area contributed by atoms with Gasteiger partial charge in [0.15, 0.2) is 0 Å². The second-order valence-electron chi connectivity index (χ2n) is 2.98. The molecule has 0 aliphatic heterocycles. The fourth-order valence-corrected chi connectivity index (χ4v) is 1.13. The molecule has 0 heterocycles. The zero-order chi connectivity index (χ0) is 13.1. The van der Waals surface area contributed by atoms with Gasteiger partial charge in [0, 0.05) is 13.1 Å². The molecule has 0 unspecified atom stereocenters. The quantitative estimate of drug-likeness (QED) is 0.583. The molecule has 1 aromatic rings. The third-order valence-electron chi connectivity index (χ3n) is 1.68. The standard InChI is InChI=1S/C7H5ClO2.C4H11NO2/c8-6-4-2-1-3-5(6)7(9)10;6-3-1-5-2-4-7/h1-4H,(H,9,10);5-7H,1-4H2. The number of carboxylic acid groups (broad SMARTS) is 1. The molecule has 0 fully saturated rings. The molecule has 96 valence electrons. The van der Waals surface area contributed by atoms with E-state index >= 15 is 0 Å². The van der Waals surface area contributed by atoms with E-state index in [2.05, 4.69) is 5.32 Å². The number of aliphatic hydroxyl groups is 2. The number of carboxylic acids is 1. The van der Waals surface area contributed by atoms with Crippen molar-refractivity contribution in [3.63, 3.8) is 0 Å². The zero-order valence-corrected chi connectivity index (χ0v) is 10.0. The van der Waals surface area contributed by atoms with Crippen LogP contribution in [0.15, 0.2) is 24.3 Å². The third-order valence-corrected chi connectivity index (χ3v) is 2.01. The molecule has 0 atom stereocenters. The Morgan fingerprint density at radius 3 is 2.06 bits per heavy atom. The molecule has 17 heavy (non-hydrogen) atoms. The van der Waals surface area contributed by atoms with E-state index < -0.39 is 5.97 Å². The van der Waals surface area contributed by atoms with Crippen LogP contribution in [0.5, 0.6) is 0 Å². The molecule has 1 rings (SSSR count). The van der Waals surface area contributed by atoms with E-state index in [1.54, 1.807) is 18.2 Å². The van der Waals surface area contributed by atoms with Crippen molar-refractivity contribution in [3.8, 4) is 0 Å². The summed E-state index contributed by atoms with van der Waals surface area (Å²) in [6.07, 6.45) is 0. The Morgan fingerprint density at radius 1 is 1.18 bits per heavy atom. The predicted octanol–water partition coefficient (Wildman–Crippen LogP) is 0.599. The van der Waals surface area contributed by atoms with Gasteiger partial charge >= 0.3 is 5.97 Å². The van der Waals surface area contributed by atoms with Gasteiger partial charge in [-0.05, 0) is 12.1 Å². The zero-order valence-electron chi connectivity index (χ0n) is 9.27. The Morgan fingerprint density at radius 2 is 1.71 bits per heavy atom. The summed E-state index contributed by atoms with van der Waals surface area (Å²) >= 11 is 5.54. The summed E-state index contributed by atoms with van der Waals surface area (Å²) in [5, 5.41) is 27.8. The molecule has 0 spiro atoms. The van der Waals surface area contributed by atoms with Crippen molar-refractivity contribution in [1.82, 2.24) is 5.32 Å². The van der Waals surface area contributed by atoms with Gasteiger partial charge in [-0.25, -0.2) is 4.79 Å². The predicted molar refractivity (Wildman–Crippen MR) is 65.5 cm³/mol. The van der Waals surface area contributed by atoms with Gasteiger partial charge in [0.05, 0.1) is 23.8 Å². The molecular weight excluding hydrogens is 246 g/mol. The number of halogens is 1. The van der Waals surface area contributed by atoms with E-state index in [0.717, 1.165) is 0 Å². The monoisotopic (exact) mass is 261 g/mol. The Balaban J connectivity index is 0.000000325. The lowest BCUT2D eigenvalue weighted by Gasteiger charge is -1.94. The summed E-state index contributed by atoms with van der Waals surface area (Å²) in [7, 11) is 0. The number of benzene rings is 1. The van der Waals surface area contributed by atoms with Crippen molar-refractivity contribution in [1.29, 1.82) is 0 Å². The molecule has 1 aromatic carbocycles. The van der Waals surface area contributed by atoms with Crippen molar-refractivity contribution in [2.45, 2.75) is 0 Å². The molecule has 0 saturated carbocycles. The highest BCUT2D eigenvalue weighted by molar-refractivity contribution is 6.33. The van der Waals surface area contributed by atoms with Crippen LogP contribution in [0.3, 0.4) is 0 Å². The lowest BCUT2D eigenvalue weighted by atomic mass is 10.2. The van der Waals surface area contributed by atoms with Crippen LogP contribution in [0.2, 0.25) is 5.02 Å². The molecule has 0 aromatic heterocycles. The maximum Gasteiger partial charge on any atom is 0.337 e. The van der Waals surface area contributed by atoms with E-state index in [4.69, 9.17) is 26.9 Å². The van der Waals surface area contributed by atoms with Crippen molar-refractivity contribution in [2.24, 2.45) is 0 Å². The van der Waals surface area contributed by atoms with Crippen molar-refractivity contribution < 1.29 is 20.1 Å². The van der Waals surface area contributed by atoms with Gasteiger partial charge in [-0.15, -0.1) is 0 Å². The average Bonchev–Trinajstić information content (AvgIpc) is 2.31. The SMILES string of the molecule is O=C(O)c1ccccc1Cl.OCCNCCO. The van der Waals surface area contributed by atoms with Crippen LogP contribution in [0, 0.1) is 0 Å². The summed E-state index contributed by atoms with van der Waals surface area (Å²) in [6, 6.07) is 6.33. The summed E-state index contributed by atoms with van der Waals surface area (Å²) in [5.74, 6) is -0.995. The third kappa shape index (κ3) is 7.70. The fourth-order valence-electron chi connectivity index (χ4n) is 0.918. The van der Waals surface area contributed by atoms with Crippen molar-refractivity contribution >= 4 is 17.6 Å². The van der Waals surface area contributed by atoms with Crippen LogP contribution in [-0.2, 0) is 0 Å². The van der Waals surface area contributed by atoms with E-state index in [1.165, 1.54) is 6.07 Å². The van der Waals surface area contributed by atoms with E-state index in [9.17, 15) is 4.79 Å². The molecule has 0 aliphatic carbocycles. The molecule has 5 nitrogen and oxygen atoms in total. The van der Waals surface area contributed by atoms with E-state index in [1.807, 2.05) is 0 Å². The van der Waals surface area contributed by atoms with Crippen LogP contribution in [0.1, 0.15) is 10.4 Å². The minimum atomic E-state index is -0.995. The normalized spacial score (nSPS) is 9.35. The first-order valence-corrected chi connectivity index (χ1v) is 5.41. The van der Waals surface area contributed by atoms with E-state index in [0.29, 0.717) is 13.1 Å². The van der Waals surface area contributed by atoms with Crippen LogP contribution >= 0.6 is 11.6 Å². The van der Waals surface area contributed by atoms with Crippen molar-refractivity contribution in [3.05, 3.63) is 34.9 Å². The fraction of sp³-hybridized carbons (Fsp3) is 0.364. The number of hydrogen-bond acceptors (Lipinski definition) is 4. The molecule has 0 radical (unpaired) electrons. The van der Waals surface area contributed by atoms with Crippen molar-refractivity contribution in [2.75, 3.05) is 26.3 Å². The Hall–Kier alpha value is -1.14. The smallest absolute Gasteiger partial charge is 0.337 e. The molecule has 0 saturated heterocycles. The largest absolute Gasteiger partial charge is 0.478 e. The van der Waals surface area contributed by atoms with Gasteiger partial charge in [-0.2, -0.15) is 0 Å². The van der Waals surface area contributed by atoms with Crippen LogP contribution in [-0.4, -0.2) is 47.6 Å². The van der Waals surface area contributed by atoms with Gasteiger partial charge in [-0.3, -0.25) is 0 Å². The molecule has 0 amide bonds. The topological polar surface area (TPSA) is 89.8 Å². The lowest BCUT2D eigenvalue weighted by molar-refractivity contribution is 0.0697. The van der Waals surface area contributed by atoms with Crippen LogP contribution in [0.4, 0.5) is 0 Å². The Labute approximate surface area is 105 Å². The molecule has 6 heteroatoms. The van der Waals surface area contributed by atoms with Crippen LogP contribution in [0.25, 0.3) is 0 Å². The van der Waals surface area contributed by atoms with Crippen LogP contribution < -0.4 is 5.32 Å². The molecular formula is C11H16ClNO4. The molecule has 0 bridgehead atoms. The van der Waals surface area contributed by atoms with Gasteiger partial charge in [0.25, 0.3) is 0 Å². The maximum absolute atomic E-state index is 10.3. The highest BCUT2D eigenvalue weighted by atomic mass is 35.5. The first-order valence-electron chi connectivity index (χ1n) is 5.03. The second kappa shape index (κ2) is 10.0. The number of nitrogens with one attached hydrogen (secondary N) is 1. The molecule has 4 N–H and O–H groups in total. The van der Waals surface area contributed by atoms with Gasteiger partial charge in [0.2, 0.25) is 0 Å². The van der Waals surface area contributed by atoms with Gasteiger partial charge in [-0.1, -0.05) is 23.7 Å². The highest BCUT2D eigenvalue weighted by Gasteiger charge is 2.04. The minimum absolute atomic E-state index is 0.139. The van der Waals surface area contributed by atoms with E-state index in [-0.39, 0.29) is 23.8 Å². The average molecular weight is 262 g/mol. The number of carbonyl (C=O) groups is 1.